The number of oxime groups is 1. The number of benzene rings is 4. The number of hydrogen-bond donors (Lipinski definition) is 5. The molecule has 0 fully saturated rings. The van der Waals surface area contributed by atoms with Crippen molar-refractivity contribution in [2.45, 2.75) is 45.1 Å². The molecule has 0 radical (unpaired) electrons. The number of aliphatic hydroxyl groups excluding tert-OH is 2. The summed E-state index contributed by atoms with van der Waals surface area (Å²) in [5, 5.41) is 33.6. The van der Waals surface area contributed by atoms with Crippen molar-refractivity contribution in [3.05, 3.63) is 142 Å². The maximum Gasteiger partial charge on any atom is 0.454 e. The van der Waals surface area contributed by atoms with Crippen LogP contribution in [0.15, 0.2) is 102 Å². The Kier molecular flexibility index (Phi) is 29.5. The highest BCUT2D eigenvalue weighted by Gasteiger charge is 2.41. The lowest BCUT2D eigenvalue weighted by atomic mass is 10.1. The minimum Gasteiger partial charge on any atom is -0.478 e. The third-order valence-corrected chi connectivity index (χ3v) is 7.47. The molecular weight excluding hydrogens is 980 g/mol. The Labute approximate surface area is 389 Å². The zero-order valence-electron chi connectivity index (χ0n) is 36.0. The van der Waals surface area contributed by atoms with Crippen molar-refractivity contribution in [2.75, 3.05) is 35.0 Å². The second-order valence-corrected chi connectivity index (χ2v) is 12.1. The van der Waals surface area contributed by atoms with E-state index in [0.717, 1.165) is 106 Å². The quantitative estimate of drug-likeness (QED) is 0.0210. The van der Waals surface area contributed by atoms with Crippen LogP contribution in [0.25, 0.3) is 0 Å². The van der Waals surface area contributed by atoms with Crippen LogP contribution >= 0.6 is 0 Å². The fourth-order valence-electron chi connectivity index (χ4n) is 4.26. The van der Waals surface area contributed by atoms with E-state index in [1.807, 2.05) is 0 Å². The van der Waals surface area contributed by atoms with Crippen molar-refractivity contribution in [2.24, 2.45) is 10.9 Å². The molecule has 4 rings (SSSR count). The van der Waals surface area contributed by atoms with Gasteiger partial charge in [-0.15, -0.1) is 0 Å². The molecule has 0 heterocycles. The number of nitrogens with zero attached hydrogens (tertiary/aromatic N) is 1. The highest BCUT2D eigenvalue weighted by Crippen LogP contribution is 2.30. The number of halogens is 12. The van der Waals surface area contributed by atoms with E-state index >= 15 is 0 Å². The number of aromatic carboxylic acids is 1. The fraction of sp³-hybridized carbons (Fsp3) is 0.279. The van der Waals surface area contributed by atoms with E-state index in [1.165, 1.54) is 19.2 Å². The number of hydrogen-bond acceptors (Lipinski definition) is 14. The first-order valence-electron chi connectivity index (χ1n) is 18.1. The Morgan fingerprint density at radius 3 is 0.971 bits per heavy atom. The Hall–Kier alpha value is -7.39. The Morgan fingerprint density at radius 2 is 0.757 bits per heavy atom. The van der Waals surface area contributed by atoms with Crippen LogP contribution in [0.3, 0.4) is 0 Å². The smallest absolute Gasteiger partial charge is 0.454 e. The number of Topliss-reactive ketones (excluding diaryl/α,β-unsaturated/α-hetero) is 2. The molecule has 27 heteroatoms. The van der Waals surface area contributed by atoms with Crippen molar-refractivity contribution in [3.8, 4) is 0 Å². The van der Waals surface area contributed by atoms with Gasteiger partial charge in [-0.25, -0.2) is 19.2 Å². The predicted octanol–water partition coefficient (Wildman–Crippen LogP) is 8.84. The van der Waals surface area contributed by atoms with E-state index in [-0.39, 0.29) is 47.4 Å². The molecule has 6 N–H and O–H groups in total. The van der Waals surface area contributed by atoms with Gasteiger partial charge >= 0.3 is 48.6 Å². The average molecular weight is 1020 g/mol. The van der Waals surface area contributed by atoms with Crippen LogP contribution in [0.2, 0.25) is 0 Å². The number of ether oxygens (including phenoxy) is 3. The zero-order chi connectivity index (χ0) is 54.1. The summed E-state index contributed by atoms with van der Waals surface area (Å²) in [4.78, 5) is 64.8. The predicted molar refractivity (Wildman–Crippen MR) is 223 cm³/mol. The second kappa shape index (κ2) is 30.9. The van der Waals surface area contributed by atoms with Gasteiger partial charge in [0, 0.05) is 30.4 Å². The van der Waals surface area contributed by atoms with Gasteiger partial charge in [-0.05, 0) is 61.0 Å². The van der Waals surface area contributed by atoms with E-state index < -0.39 is 83.0 Å². The molecule has 0 bridgehead atoms. The zero-order valence-corrected chi connectivity index (χ0v) is 36.0. The topological polar surface area (TPSA) is 249 Å². The lowest BCUT2D eigenvalue weighted by molar-refractivity contribution is -0.149. The summed E-state index contributed by atoms with van der Waals surface area (Å²) < 4.78 is 159. The van der Waals surface area contributed by atoms with Gasteiger partial charge in [-0.2, -0.15) is 52.7 Å². The molecule has 0 saturated carbocycles. The van der Waals surface area contributed by atoms with E-state index in [0.29, 0.717) is 0 Å². The second-order valence-electron chi connectivity index (χ2n) is 12.1. The Bertz CT molecular complexity index is 2280. The lowest BCUT2D eigenvalue weighted by Crippen LogP contribution is -2.28. The maximum absolute atomic E-state index is 12.3. The van der Waals surface area contributed by atoms with Crippen LogP contribution in [0.1, 0.15) is 93.7 Å². The number of alkyl halides is 12. The summed E-state index contributed by atoms with van der Waals surface area (Å²) in [6.45, 7) is 1.93. The number of rotatable bonds is 8. The SMILES string of the molecule is C.CCO.CO.COC(=O)c1ccc(/C(=N/O)C(F)(F)F)cc1.COC(=O)c1ccc(C(=O)C(F)(F)F)cc1.COC(=O)c1ccc(C(N)C(F)(F)F)cc1.O=C(O)c1ccc(C(=O)C(F)(F)F)cc1. The average Bonchev–Trinajstić information content (AvgIpc) is 3.30. The Balaban J connectivity index is -0.000000825. The normalized spacial score (nSPS) is 11.3. The standard InChI is InChI=1S/C10H8F3NO3.C10H10F3NO2.C10H7F3O3.C9H5F3O3.C2H6O.CH4O.CH4/c1-17-9(15)7-4-2-6(3-5-7)8(14-16)10(11,12)13;2*1-16-9(15)7-4-2-6(3-5-7)8(14)10(11,12)13;10-9(11,12)7(13)5-1-3-6(4-2-5)8(14)15;1-2-3;1-2;/h2-5,16H,1H3;2-5,8H,14H2,1H3;2-5H,1H3;1-4H,(H,14,15);3H,2H2,1H3;2H,1H3;1H4/b14-8-;;;;;;. The first-order valence-corrected chi connectivity index (χ1v) is 18.1. The van der Waals surface area contributed by atoms with E-state index in [2.05, 4.69) is 19.4 Å². The van der Waals surface area contributed by atoms with E-state index in [9.17, 15) is 81.5 Å². The molecule has 4 aromatic rings. The van der Waals surface area contributed by atoms with E-state index in [4.69, 9.17) is 26.3 Å². The number of methoxy groups -OCH3 is 3. The van der Waals surface area contributed by atoms with Crippen LogP contribution in [-0.4, -0.2) is 121 Å². The van der Waals surface area contributed by atoms with Gasteiger partial charge in [0.25, 0.3) is 11.6 Å². The molecule has 0 aliphatic rings. The number of carbonyl (C=O) groups is 6. The lowest BCUT2D eigenvalue weighted by Gasteiger charge is -2.15. The fourth-order valence-corrected chi connectivity index (χ4v) is 4.26. The summed E-state index contributed by atoms with van der Waals surface area (Å²) in [5.74, 6) is -7.13. The Morgan fingerprint density at radius 1 is 0.514 bits per heavy atom. The number of carbonyl (C=O) groups excluding carboxylic acids is 5. The highest BCUT2D eigenvalue weighted by atomic mass is 19.4. The van der Waals surface area contributed by atoms with Crippen molar-refractivity contribution < 1.29 is 116 Å². The summed E-state index contributed by atoms with van der Waals surface area (Å²) in [5.41, 5.74) is 2.24. The number of aliphatic hydroxyl groups is 2. The minimum absolute atomic E-state index is 0. The molecule has 15 nitrogen and oxygen atoms in total. The summed E-state index contributed by atoms with van der Waals surface area (Å²) in [7, 11) is 4.50. The third-order valence-electron chi connectivity index (χ3n) is 7.47. The highest BCUT2D eigenvalue weighted by molar-refractivity contribution is 6.05. The van der Waals surface area contributed by atoms with Crippen molar-refractivity contribution in [1.29, 1.82) is 0 Å². The summed E-state index contributed by atoms with van der Waals surface area (Å²) in [6.07, 6.45) is -19.1. The largest absolute Gasteiger partial charge is 0.478 e. The number of carboxylic acid groups (broad SMARTS) is 1. The maximum atomic E-state index is 12.3. The van der Waals surface area contributed by atoms with Gasteiger partial charge in [0.05, 0.1) is 43.6 Å². The van der Waals surface area contributed by atoms with Crippen molar-refractivity contribution in [1.82, 2.24) is 0 Å². The minimum atomic E-state index is -4.94. The molecule has 4 aromatic carbocycles. The molecule has 0 aromatic heterocycles. The third kappa shape index (κ3) is 23.1. The van der Waals surface area contributed by atoms with Crippen molar-refractivity contribution in [3.63, 3.8) is 0 Å². The van der Waals surface area contributed by atoms with Crippen LogP contribution in [-0.2, 0) is 14.2 Å². The molecular formula is C43H44F12N2O13. The summed E-state index contributed by atoms with van der Waals surface area (Å²) in [6, 6.07) is 14.7. The molecule has 0 saturated heterocycles. The first kappa shape index (κ1) is 66.9. The summed E-state index contributed by atoms with van der Waals surface area (Å²) >= 11 is 0. The number of esters is 3. The van der Waals surface area contributed by atoms with Crippen LogP contribution in [0, 0.1) is 0 Å². The van der Waals surface area contributed by atoms with Gasteiger partial charge in [0.15, 0.2) is 5.71 Å². The van der Waals surface area contributed by atoms with Crippen LogP contribution in [0.4, 0.5) is 52.7 Å². The molecule has 0 aliphatic heterocycles. The number of carboxylic acids is 1. The van der Waals surface area contributed by atoms with Gasteiger partial charge in [0.1, 0.15) is 6.04 Å². The van der Waals surface area contributed by atoms with E-state index in [1.54, 1.807) is 6.92 Å². The number of ketones is 2. The monoisotopic (exact) mass is 1020 g/mol. The van der Waals surface area contributed by atoms with Crippen LogP contribution in [0.5, 0.6) is 0 Å². The van der Waals surface area contributed by atoms with Gasteiger partial charge in [0.2, 0.25) is 0 Å². The van der Waals surface area contributed by atoms with Crippen LogP contribution < -0.4 is 5.73 Å². The molecule has 0 amide bonds. The van der Waals surface area contributed by atoms with Gasteiger partial charge in [-0.1, -0.05) is 61.1 Å². The molecule has 1 atom stereocenters. The van der Waals surface area contributed by atoms with Gasteiger partial charge in [-0.3, -0.25) is 9.59 Å². The van der Waals surface area contributed by atoms with Gasteiger partial charge < -0.3 is 40.5 Å². The first-order chi connectivity index (χ1) is 31.8. The molecule has 1 unspecified atom stereocenters. The molecule has 0 aliphatic carbocycles. The molecule has 0 spiro atoms. The molecule has 388 valence electrons. The van der Waals surface area contributed by atoms with Crippen molar-refractivity contribution >= 4 is 41.2 Å². The molecule has 70 heavy (non-hydrogen) atoms. The number of nitrogens with two attached hydrogens (primary N) is 1.